The zero-order valence-electron chi connectivity index (χ0n) is 15.5. The van der Waals surface area contributed by atoms with Crippen LogP contribution in [-0.2, 0) is 0 Å². The predicted molar refractivity (Wildman–Crippen MR) is 121 cm³/mol. The number of nitrogens with zero attached hydrogens (tertiary/aromatic N) is 1. The topological polar surface area (TPSA) is 20.3 Å². The van der Waals surface area contributed by atoms with Crippen LogP contribution in [0.15, 0.2) is 75.9 Å². The first-order valence-electron chi connectivity index (χ1n) is 9.17. The first-order valence-corrected chi connectivity index (χ1v) is 11.2. The molecule has 0 spiro atoms. The highest BCUT2D eigenvalue weighted by atomic mass is 35.5. The standard InChI is InChI=1S/C23H20ClNOS2/c1-16(26)17-6-5-7-18(12-17)21-13-19(28-20-14-23(24)27-15-20)8-9-22(21)25-10-3-2-4-11-25/h2-3,5-9,12-15H,4,10-11H2,1H3. The molecule has 2 heterocycles. The Balaban J connectivity index is 1.77. The highest BCUT2D eigenvalue weighted by molar-refractivity contribution is 7.99. The van der Waals surface area contributed by atoms with Gasteiger partial charge >= 0.3 is 0 Å². The molecule has 0 bridgehead atoms. The van der Waals surface area contributed by atoms with Gasteiger partial charge in [-0.25, -0.2) is 0 Å². The molecule has 0 N–H and O–H groups in total. The highest BCUT2D eigenvalue weighted by Gasteiger charge is 2.15. The van der Waals surface area contributed by atoms with E-state index in [-0.39, 0.29) is 5.78 Å². The third-order valence-corrected chi connectivity index (χ3v) is 6.93. The van der Waals surface area contributed by atoms with Gasteiger partial charge in [0, 0.05) is 45.1 Å². The summed E-state index contributed by atoms with van der Waals surface area (Å²) in [5.41, 5.74) is 4.18. The molecule has 0 amide bonds. The molecule has 2 aromatic carbocycles. The van der Waals surface area contributed by atoms with Gasteiger partial charge in [-0.3, -0.25) is 4.79 Å². The van der Waals surface area contributed by atoms with Crippen molar-refractivity contribution >= 4 is 46.2 Å². The van der Waals surface area contributed by atoms with E-state index in [4.69, 9.17) is 11.6 Å². The molecular formula is C23H20ClNOS2. The minimum absolute atomic E-state index is 0.0859. The fraction of sp³-hybridized carbons (Fsp3) is 0.174. The molecule has 0 fully saturated rings. The van der Waals surface area contributed by atoms with Crippen LogP contribution in [0.4, 0.5) is 5.69 Å². The van der Waals surface area contributed by atoms with E-state index in [1.54, 1.807) is 30.0 Å². The fourth-order valence-corrected chi connectivity index (χ4v) is 5.32. The molecule has 2 nitrogen and oxygen atoms in total. The monoisotopic (exact) mass is 425 g/mol. The number of ketones is 1. The van der Waals surface area contributed by atoms with Crippen LogP contribution in [-0.4, -0.2) is 18.9 Å². The Morgan fingerprint density at radius 2 is 2.00 bits per heavy atom. The summed E-state index contributed by atoms with van der Waals surface area (Å²) in [7, 11) is 0. The van der Waals surface area contributed by atoms with Crippen molar-refractivity contribution in [2.24, 2.45) is 0 Å². The van der Waals surface area contributed by atoms with Crippen LogP contribution in [0.25, 0.3) is 11.1 Å². The van der Waals surface area contributed by atoms with E-state index in [0.717, 1.165) is 50.3 Å². The van der Waals surface area contributed by atoms with Crippen molar-refractivity contribution in [2.75, 3.05) is 18.0 Å². The van der Waals surface area contributed by atoms with Gasteiger partial charge in [-0.1, -0.05) is 53.7 Å². The first-order chi connectivity index (χ1) is 13.6. The number of halogens is 1. The Morgan fingerprint density at radius 1 is 1.11 bits per heavy atom. The molecule has 0 atom stereocenters. The number of anilines is 1. The average molecular weight is 426 g/mol. The second-order valence-electron chi connectivity index (χ2n) is 6.71. The Kier molecular flexibility index (Phi) is 5.90. The van der Waals surface area contributed by atoms with Gasteiger partial charge < -0.3 is 4.90 Å². The molecule has 1 aliphatic rings. The summed E-state index contributed by atoms with van der Waals surface area (Å²) in [5.74, 6) is 0.0859. The second kappa shape index (κ2) is 8.56. The van der Waals surface area contributed by atoms with E-state index in [1.165, 1.54) is 5.69 Å². The molecule has 0 saturated heterocycles. The van der Waals surface area contributed by atoms with E-state index in [1.807, 2.05) is 24.3 Å². The minimum Gasteiger partial charge on any atom is -0.367 e. The first kappa shape index (κ1) is 19.3. The Morgan fingerprint density at radius 3 is 2.71 bits per heavy atom. The van der Waals surface area contributed by atoms with Crippen LogP contribution < -0.4 is 4.90 Å². The minimum atomic E-state index is 0.0859. The van der Waals surface area contributed by atoms with E-state index >= 15 is 0 Å². The quantitative estimate of drug-likeness (QED) is 0.318. The summed E-state index contributed by atoms with van der Waals surface area (Å²) in [4.78, 5) is 16.6. The van der Waals surface area contributed by atoms with Crippen molar-refractivity contribution < 1.29 is 4.79 Å². The number of rotatable bonds is 5. The molecule has 0 saturated carbocycles. The van der Waals surface area contributed by atoms with Crippen LogP contribution in [0.3, 0.4) is 0 Å². The van der Waals surface area contributed by atoms with Gasteiger partial charge in [-0.2, -0.15) is 0 Å². The van der Waals surface area contributed by atoms with Gasteiger partial charge in [-0.15, -0.1) is 11.3 Å². The lowest BCUT2D eigenvalue weighted by molar-refractivity contribution is 0.101. The highest BCUT2D eigenvalue weighted by Crippen LogP contribution is 2.39. The summed E-state index contributed by atoms with van der Waals surface area (Å²) >= 11 is 9.34. The van der Waals surface area contributed by atoms with Gasteiger partial charge in [0.2, 0.25) is 0 Å². The zero-order chi connectivity index (χ0) is 19.5. The molecular weight excluding hydrogens is 406 g/mol. The Bertz CT molecular complexity index is 1040. The van der Waals surface area contributed by atoms with Crippen molar-refractivity contribution in [3.8, 4) is 11.1 Å². The second-order valence-corrected chi connectivity index (χ2v) is 9.40. The van der Waals surface area contributed by atoms with Gasteiger partial charge in [0.05, 0.1) is 4.34 Å². The van der Waals surface area contributed by atoms with E-state index in [2.05, 4.69) is 46.7 Å². The molecule has 0 aliphatic carbocycles. The van der Waals surface area contributed by atoms with Gasteiger partial charge in [0.25, 0.3) is 0 Å². The maximum Gasteiger partial charge on any atom is 0.159 e. The summed E-state index contributed by atoms with van der Waals surface area (Å²) in [6, 6.07) is 16.5. The predicted octanol–water partition coefficient (Wildman–Crippen LogP) is 7.19. The van der Waals surface area contributed by atoms with Crippen molar-refractivity contribution in [3.63, 3.8) is 0 Å². The lowest BCUT2D eigenvalue weighted by atomic mass is 9.99. The van der Waals surface area contributed by atoms with Crippen LogP contribution in [0.5, 0.6) is 0 Å². The number of benzene rings is 2. The zero-order valence-corrected chi connectivity index (χ0v) is 17.9. The Labute approximate surface area is 178 Å². The van der Waals surface area contributed by atoms with Gasteiger partial charge in [-0.05, 0) is 49.2 Å². The van der Waals surface area contributed by atoms with Crippen molar-refractivity contribution in [1.82, 2.24) is 0 Å². The smallest absolute Gasteiger partial charge is 0.159 e. The van der Waals surface area contributed by atoms with E-state index in [9.17, 15) is 4.79 Å². The molecule has 28 heavy (non-hydrogen) atoms. The number of hydrogen-bond donors (Lipinski definition) is 0. The lowest BCUT2D eigenvalue weighted by Crippen LogP contribution is -2.27. The van der Waals surface area contributed by atoms with E-state index in [0.29, 0.717) is 0 Å². The number of hydrogen-bond acceptors (Lipinski definition) is 4. The Hall–Kier alpha value is -2.01. The van der Waals surface area contributed by atoms with Crippen LogP contribution in [0.1, 0.15) is 23.7 Å². The van der Waals surface area contributed by atoms with Crippen LogP contribution in [0, 0.1) is 0 Å². The number of thiophene rings is 1. The number of carbonyl (C=O) groups is 1. The molecule has 4 rings (SSSR count). The largest absolute Gasteiger partial charge is 0.367 e. The summed E-state index contributed by atoms with van der Waals surface area (Å²) in [6.07, 6.45) is 5.50. The molecule has 3 aromatic rings. The van der Waals surface area contributed by atoms with Crippen LogP contribution in [0.2, 0.25) is 4.34 Å². The number of Topliss-reactive ketones (excluding diaryl/α,β-unsaturated/α-hetero) is 1. The third-order valence-electron chi connectivity index (χ3n) is 4.73. The molecule has 1 aliphatic heterocycles. The lowest BCUT2D eigenvalue weighted by Gasteiger charge is -2.28. The molecule has 5 heteroatoms. The van der Waals surface area contributed by atoms with Gasteiger partial charge in [0.1, 0.15) is 0 Å². The maximum atomic E-state index is 11.9. The molecule has 142 valence electrons. The molecule has 1 aromatic heterocycles. The molecule has 0 unspecified atom stereocenters. The average Bonchev–Trinajstić information content (AvgIpc) is 3.13. The normalized spacial score (nSPS) is 13.7. The number of carbonyl (C=O) groups excluding carboxylic acids is 1. The third kappa shape index (κ3) is 4.35. The van der Waals surface area contributed by atoms with E-state index < -0.39 is 0 Å². The van der Waals surface area contributed by atoms with Gasteiger partial charge in [0.15, 0.2) is 5.78 Å². The fourth-order valence-electron chi connectivity index (χ4n) is 3.34. The van der Waals surface area contributed by atoms with Crippen LogP contribution >= 0.6 is 34.7 Å². The maximum absolute atomic E-state index is 11.9. The molecule has 0 radical (unpaired) electrons. The summed E-state index contributed by atoms with van der Waals surface area (Å²) < 4.78 is 0.800. The summed E-state index contributed by atoms with van der Waals surface area (Å²) in [6.45, 7) is 3.52. The van der Waals surface area contributed by atoms with Crippen molar-refractivity contribution in [1.29, 1.82) is 0 Å². The van der Waals surface area contributed by atoms with Crippen molar-refractivity contribution in [2.45, 2.75) is 23.1 Å². The SMILES string of the molecule is CC(=O)c1cccc(-c2cc(Sc3csc(Cl)c3)ccc2N2CC=CCC2)c1. The summed E-state index contributed by atoms with van der Waals surface area (Å²) in [5, 5.41) is 2.08. The van der Waals surface area contributed by atoms with Crippen molar-refractivity contribution in [3.05, 3.63) is 76.0 Å².